The van der Waals surface area contributed by atoms with E-state index in [1.54, 1.807) is 0 Å². The zero-order chi connectivity index (χ0) is 12.3. The Labute approximate surface area is 102 Å². The maximum Gasteiger partial charge on any atom is 0.307 e. The van der Waals surface area contributed by atoms with E-state index in [0.29, 0.717) is 13.0 Å². The second kappa shape index (κ2) is 5.21. The number of carbonyl (C=O) groups excluding carboxylic acids is 1. The van der Waals surface area contributed by atoms with Gasteiger partial charge in [-0.15, -0.1) is 0 Å². The Balaban J connectivity index is 2.02. The molecule has 0 aliphatic carbocycles. The molecule has 0 aromatic heterocycles. The van der Waals surface area contributed by atoms with E-state index in [-0.39, 0.29) is 12.0 Å². The van der Waals surface area contributed by atoms with Crippen molar-refractivity contribution in [1.29, 1.82) is 0 Å². The number of nitrogens with zero attached hydrogens (tertiary/aromatic N) is 1. The number of para-hydroxylation sites is 1. The van der Waals surface area contributed by atoms with E-state index in [1.165, 1.54) is 11.3 Å². The van der Waals surface area contributed by atoms with Crippen LogP contribution in [0.15, 0.2) is 24.3 Å². The van der Waals surface area contributed by atoms with Gasteiger partial charge in [0.05, 0.1) is 13.0 Å². The summed E-state index contributed by atoms with van der Waals surface area (Å²) >= 11 is 0. The highest BCUT2D eigenvalue weighted by Gasteiger charge is 2.24. The normalized spacial score (nSPS) is 15.5. The molecule has 0 N–H and O–H groups in total. The van der Waals surface area contributed by atoms with Crippen LogP contribution in [0.2, 0.25) is 0 Å². The summed E-state index contributed by atoms with van der Waals surface area (Å²) in [5.41, 5.74) is 2.65. The van der Waals surface area contributed by atoms with Crippen molar-refractivity contribution in [1.82, 2.24) is 0 Å². The van der Waals surface area contributed by atoms with E-state index in [4.69, 9.17) is 4.74 Å². The average molecular weight is 233 g/mol. The van der Waals surface area contributed by atoms with Gasteiger partial charge in [-0.3, -0.25) is 4.79 Å². The van der Waals surface area contributed by atoms with E-state index in [9.17, 15) is 4.79 Å². The van der Waals surface area contributed by atoms with Gasteiger partial charge in [-0.2, -0.15) is 0 Å². The number of hydrogen-bond donors (Lipinski definition) is 0. The molecule has 1 aliphatic rings. The van der Waals surface area contributed by atoms with Gasteiger partial charge in [0.15, 0.2) is 0 Å². The molecule has 3 heteroatoms. The third-order valence-corrected chi connectivity index (χ3v) is 3.22. The van der Waals surface area contributed by atoms with Crippen molar-refractivity contribution in [2.24, 2.45) is 0 Å². The summed E-state index contributed by atoms with van der Waals surface area (Å²) in [4.78, 5) is 13.8. The van der Waals surface area contributed by atoms with E-state index in [1.807, 2.05) is 13.0 Å². The smallest absolute Gasteiger partial charge is 0.307 e. The van der Waals surface area contributed by atoms with Crippen LogP contribution in [-0.4, -0.2) is 25.2 Å². The fourth-order valence-corrected chi connectivity index (χ4v) is 2.39. The number of rotatable bonds is 4. The summed E-state index contributed by atoms with van der Waals surface area (Å²) in [7, 11) is 0. The molecule has 17 heavy (non-hydrogen) atoms. The monoisotopic (exact) mass is 233 g/mol. The predicted octanol–water partition coefficient (Wildman–Crippen LogP) is 2.39. The molecule has 1 atom stereocenters. The Morgan fingerprint density at radius 1 is 1.47 bits per heavy atom. The van der Waals surface area contributed by atoms with Crippen LogP contribution in [0.5, 0.6) is 0 Å². The second-order valence-corrected chi connectivity index (χ2v) is 4.43. The number of esters is 1. The Morgan fingerprint density at radius 3 is 3.00 bits per heavy atom. The number of fused-ring (bicyclic) bond motifs is 1. The lowest BCUT2D eigenvalue weighted by Crippen LogP contribution is -2.33. The quantitative estimate of drug-likeness (QED) is 0.748. The summed E-state index contributed by atoms with van der Waals surface area (Å²) in [6.45, 7) is 5.38. The van der Waals surface area contributed by atoms with Crippen molar-refractivity contribution in [3.05, 3.63) is 29.8 Å². The first kappa shape index (κ1) is 12.0. The Bertz CT molecular complexity index is 403. The van der Waals surface area contributed by atoms with E-state index in [0.717, 1.165) is 13.0 Å². The minimum absolute atomic E-state index is 0.107. The largest absolute Gasteiger partial charge is 0.466 e. The zero-order valence-corrected chi connectivity index (χ0v) is 10.5. The zero-order valence-electron chi connectivity index (χ0n) is 10.5. The average Bonchev–Trinajstić information content (AvgIpc) is 2.72. The van der Waals surface area contributed by atoms with Crippen LogP contribution < -0.4 is 4.90 Å². The number of anilines is 1. The Morgan fingerprint density at radius 2 is 2.24 bits per heavy atom. The molecule has 2 rings (SSSR count). The van der Waals surface area contributed by atoms with Crippen LogP contribution in [0.3, 0.4) is 0 Å². The summed E-state index contributed by atoms with van der Waals surface area (Å²) < 4.78 is 4.99. The lowest BCUT2D eigenvalue weighted by Gasteiger charge is -2.26. The molecule has 1 aromatic rings. The summed E-state index contributed by atoms with van der Waals surface area (Å²) in [5, 5.41) is 0. The third-order valence-electron chi connectivity index (χ3n) is 3.22. The molecule has 0 fully saturated rings. The van der Waals surface area contributed by atoms with Crippen molar-refractivity contribution in [3.63, 3.8) is 0 Å². The van der Waals surface area contributed by atoms with Crippen LogP contribution in [0, 0.1) is 0 Å². The molecule has 3 nitrogen and oxygen atoms in total. The first-order valence-electron chi connectivity index (χ1n) is 6.22. The minimum atomic E-state index is -0.107. The Hall–Kier alpha value is -1.51. The van der Waals surface area contributed by atoms with Gasteiger partial charge >= 0.3 is 5.97 Å². The number of benzene rings is 1. The van der Waals surface area contributed by atoms with Crippen LogP contribution in [0.25, 0.3) is 0 Å². The molecule has 0 radical (unpaired) electrons. The number of carbonyl (C=O) groups is 1. The SMILES string of the molecule is CCOC(=O)CC(C)N1CCc2ccccc21. The molecule has 0 bridgehead atoms. The Kier molecular flexibility index (Phi) is 3.67. The number of ether oxygens (including phenoxy) is 1. The van der Waals surface area contributed by atoms with E-state index < -0.39 is 0 Å². The van der Waals surface area contributed by atoms with Crippen LogP contribution in [0.1, 0.15) is 25.8 Å². The first-order chi connectivity index (χ1) is 8.22. The van der Waals surface area contributed by atoms with Crippen molar-refractivity contribution < 1.29 is 9.53 Å². The highest BCUT2D eigenvalue weighted by molar-refractivity contribution is 5.71. The number of hydrogen-bond acceptors (Lipinski definition) is 3. The van der Waals surface area contributed by atoms with Gasteiger partial charge in [-0.05, 0) is 31.9 Å². The fourth-order valence-electron chi connectivity index (χ4n) is 2.39. The highest BCUT2D eigenvalue weighted by atomic mass is 16.5. The van der Waals surface area contributed by atoms with Gasteiger partial charge < -0.3 is 9.64 Å². The van der Waals surface area contributed by atoms with Crippen molar-refractivity contribution in [3.8, 4) is 0 Å². The summed E-state index contributed by atoms with van der Waals surface area (Å²) in [6, 6.07) is 8.61. The standard InChI is InChI=1S/C14H19NO2/c1-3-17-14(16)10-11(2)15-9-8-12-6-4-5-7-13(12)15/h4-7,11H,3,8-10H2,1-2H3. The minimum Gasteiger partial charge on any atom is -0.466 e. The van der Waals surface area contributed by atoms with Crippen LogP contribution >= 0.6 is 0 Å². The topological polar surface area (TPSA) is 29.5 Å². The lowest BCUT2D eigenvalue weighted by molar-refractivity contribution is -0.143. The van der Waals surface area contributed by atoms with E-state index >= 15 is 0 Å². The van der Waals surface area contributed by atoms with Gasteiger partial charge in [0.2, 0.25) is 0 Å². The van der Waals surface area contributed by atoms with Gasteiger partial charge in [-0.1, -0.05) is 18.2 Å². The maximum absolute atomic E-state index is 11.5. The van der Waals surface area contributed by atoms with Crippen molar-refractivity contribution >= 4 is 11.7 Å². The van der Waals surface area contributed by atoms with Gasteiger partial charge in [0.1, 0.15) is 0 Å². The molecule has 0 amide bonds. The summed E-state index contributed by atoms with van der Waals surface area (Å²) in [6.07, 6.45) is 1.53. The molecular weight excluding hydrogens is 214 g/mol. The molecule has 0 saturated heterocycles. The lowest BCUT2D eigenvalue weighted by atomic mass is 10.1. The first-order valence-corrected chi connectivity index (χ1v) is 6.22. The van der Waals surface area contributed by atoms with Crippen molar-refractivity contribution in [2.75, 3.05) is 18.1 Å². The van der Waals surface area contributed by atoms with Crippen molar-refractivity contribution in [2.45, 2.75) is 32.7 Å². The predicted molar refractivity (Wildman–Crippen MR) is 68.2 cm³/mol. The molecular formula is C14H19NO2. The molecule has 0 spiro atoms. The highest BCUT2D eigenvalue weighted by Crippen LogP contribution is 2.29. The summed E-state index contributed by atoms with van der Waals surface area (Å²) in [5.74, 6) is -0.107. The fraction of sp³-hybridized carbons (Fsp3) is 0.500. The van der Waals surface area contributed by atoms with Gasteiger partial charge in [0.25, 0.3) is 0 Å². The molecule has 1 unspecified atom stereocenters. The van der Waals surface area contributed by atoms with Gasteiger partial charge in [0, 0.05) is 18.3 Å². The molecule has 1 aromatic carbocycles. The molecule has 1 heterocycles. The molecule has 92 valence electrons. The maximum atomic E-state index is 11.5. The van der Waals surface area contributed by atoms with Crippen LogP contribution in [-0.2, 0) is 16.0 Å². The van der Waals surface area contributed by atoms with E-state index in [2.05, 4.69) is 30.0 Å². The van der Waals surface area contributed by atoms with Gasteiger partial charge in [-0.25, -0.2) is 0 Å². The van der Waals surface area contributed by atoms with Crippen LogP contribution in [0.4, 0.5) is 5.69 Å². The molecule has 0 saturated carbocycles. The molecule has 1 aliphatic heterocycles. The third kappa shape index (κ3) is 2.60. The second-order valence-electron chi connectivity index (χ2n) is 4.43.